The van der Waals surface area contributed by atoms with Gasteiger partial charge in [0.2, 0.25) is 17.8 Å². The van der Waals surface area contributed by atoms with Crippen LogP contribution in [0.4, 0.5) is 31.0 Å². The zero-order chi connectivity index (χ0) is 20.0. The molecule has 4 N–H and O–H groups in total. The highest BCUT2D eigenvalue weighted by molar-refractivity contribution is 5.43. The Bertz CT molecular complexity index is 760. The second-order valence-corrected chi connectivity index (χ2v) is 6.59. The van der Waals surface area contributed by atoms with Crippen molar-refractivity contribution in [1.29, 1.82) is 0 Å². The fraction of sp³-hybridized carbons (Fsp3) is 0.529. The van der Waals surface area contributed by atoms with Crippen molar-refractivity contribution in [3.05, 3.63) is 30.1 Å². The highest BCUT2D eigenvalue weighted by atomic mass is 19.4. The number of pyridine rings is 1. The van der Waals surface area contributed by atoms with E-state index in [9.17, 15) is 18.3 Å². The first kappa shape index (κ1) is 20.1. The van der Waals surface area contributed by atoms with Crippen molar-refractivity contribution < 1.29 is 18.3 Å². The largest absolute Gasteiger partial charge is 0.405 e. The van der Waals surface area contributed by atoms with Crippen LogP contribution in [-0.2, 0) is 6.54 Å². The Morgan fingerprint density at radius 3 is 2.43 bits per heavy atom. The zero-order valence-electron chi connectivity index (χ0n) is 15.1. The molecule has 0 radical (unpaired) electrons. The van der Waals surface area contributed by atoms with E-state index in [0.29, 0.717) is 13.0 Å². The van der Waals surface area contributed by atoms with Crippen molar-refractivity contribution >= 4 is 17.8 Å². The summed E-state index contributed by atoms with van der Waals surface area (Å²) in [5, 5.41) is 18.3. The van der Waals surface area contributed by atoms with Gasteiger partial charge in [-0.05, 0) is 24.5 Å². The van der Waals surface area contributed by atoms with Crippen LogP contribution in [0, 0.1) is 0 Å². The lowest BCUT2D eigenvalue weighted by Crippen LogP contribution is -2.37. The van der Waals surface area contributed by atoms with E-state index < -0.39 is 18.8 Å². The van der Waals surface area contributed by atoms with Crippen LogP contribution in [0.25, 0.3) is 0 Å². The molecule has 0 amide bonds. The molecule has 2 unspecified atom stereocenters. The summed E-state index contributed by atoms with van der Waals surface area (Å²) >= 11 is 0. The average Bonchev–Trinajstić information content (AvgIpc) is 2.67. The number of alkyl halides is 3. The number of hydrogen-bond donors (Lipinski definition) is 4. The van der Waals surface area contributed by atoms with E-state index in [1.807, 2.05) is 6.07 Å². The van der Waals surface area contributed by atoms with Gasteiger partial charge in [-0.25, -0.2) is 0 Å². The summed E-state index contributed by atoms with van der Waals surface area (Å²) in [6.45, 7) is -0.910. The Balaban J connectivity index is 1.74. The van der Waals surface area contributed by atoms with Gasteiger partial charge in [-0.2, -0.15) is 28.1 Å². The quantitative estimate of drug-likeness (QED) is 0.565. The Morgan fingerprint density at radius 1 is 1.04 bits per heavy atom. The maximum absolute atomic E-state index is 12.5. The molecule has 28 heavy (non-hydrogen) atoms. The number of nitrogens with one attached hydrogen (secondary N) is 3. The highest BCUT2D eigenvalue weighted by Gasteiger charge is 2.28. The molecule has 0 saturated heterocycles. The summed E-state index contributed by atoms with van der Waals surface area (Å²) in [7, 11) is 0. The van der Waals surface area contributed by atoms with Crippen molar-refractivity contribution in [3.8, 4) is 0 Å². The molecule has 0 aliphatic heterocycles. The first-order valence-electron chi connectivity index (χ1n) is 9.03. The van der Waals surface area contributed by atoms with Crippen LogP contribution < -0.4 is 16.0 Å². The van der Waals surface area contributed by atoms with Gasteiger partial charge in [0.1, 0.15) is 6.54 Å². The minimum absolute atomic E-state index is 0.110. The summed E-state index contributed by atoms with van der Waals surface area (Å²) in [5.41, 5.74) is 0.866. The summed E-state index contributed by atoms with van der Waals surface area (Å²) in [6.07, 6.45) is 1.63. The summed E-state index contributed by atoms with van der Waals surface area (Å²) in [6, 6.07) is 3.37. The van der Waals surface area contributed by atoms with E-state index in [1.54, 1.807) is 18.5 Å². The molecule has 2 heterocycles. The lowest BCUT2D eigenvalue weighted by Gasteiger charge is -2.28. The molecular weight excluding hydrogens is 375 g/mol. The van der Waals surface area contributed by atoms with Crippen molar-refractivity contribution in [2.75, 3.05) is 22.5 Å². The van der Waals surface area contributed by atoms with Gasteiger partial charge in [0.05, 0.1) is 12.1 Å². The van der Waals surface area contributed by atoms with E-state index in [-0.39, 0.29) is 23.9 Å². The minimum atomic E-state index is -4.40. The number of aliphatic hydroxyl groups excluding tert-OH is 1. The van der Waals surface area contributed by atoms with Crippen LogP contribution in [0.3, 0.4) is 0 Å². The third-order valence-corrected chi connectivity index (χ3v) is 4.30. The summed E-state index contributed by atoms with van der Waals surface area (Å²) < 4.78 is 37.6. The maximum atomic E-state index is 12.5. The van der Waals surface area contributed by atoms with Gasteiger partial charge in [-0.15, -0.1) is 0 Å². The Hall–Kier alpha value is -2.69. The smallest absolute Gasteiger partial charge is 0.391 e. The number of aliphatic hydroxyl groups is 1. The van der Waals surface area contributed by atoms with Gasteiger partial charge in [0.15, 0.2) is 0 Å². The molecule has 0 bridgehead atoms. The number of anilines is 3. The predicted molar refractivity (Wildman–Crippen MR) is 97.8 cm³/mol. The fourth-order valence-corrected chi connectivity index (χ4v) is 2.91. The van der Waals surface area contributed by atoms with E-state index in [1.165, 1.54) is 0 Å². The molecule has 11 heteroatoms. The van der Waals surface area contributed by atoms with Crippen molar-refractivity contribution in [2.24, 2.45) is 0 Å². The van der Waals surface area contributed by atoms with Crippen LogP contribution in [0.15, 0.2) is 24.5 Å². The van der Waals surface area contributed by atoms with Gasteiger partial charge >= 0.3 is 6.18 Å². The van der Waals surface area contributed by atoms with Crippen LogP contribution in [0.2, 0.25) is 0 Å². The van der Waals surface area contributed by atoms with Crippen LogP contribution in [0.1, 0.15) is 31.2 Å². The standard InChI is InChI=1S/C17H22F3N7O/c18-17(19,20)10-23-15-25-14(22-9-11-4-3-7-21-8-11)26-16(27-15)24-12-5-1-2-6-13(12)28/h3-4,7-8,12-13,28H,1-2,5-6,9-10H2,(H3,22,23,24,25,26,27). The maximum Gasteiger partial charge on any atom is 0.405 e. The second-order valence-electron chi connectivity index (χ2n) is 6.59. The summed E-state index contributed by atoms with van der Waals surface area (Å²) in [4.78, 5) is 16.2. The molecule has 2 atom stereocenters. The Kier molecular flexibility index (Phi) is 6.45. The van der Waals surface area contributed by atoms with Crippen molar-refractivity contribution in [3.63, 3.8) is 0 Å². The normalized spacial score (nSPS) is 19.9. The number of nitrogens with zero attached hydrogens (tertiary/aromatic N) is 4. The molecule has 0 spiro atoms. The number of halogens is 3. The zero-order valence-corrected chi connectivity index (χ0v) is 15.1. The molecule has 2 aromatic rings. The molecule has 0 aromatic carbocycles. The predicted octanol–water partition coefficient (Wildman–Crippen LogP) is 2.57. The Labute approximate surface area is 160 Å². The average molecular weight is 397 g/mol. The van der Waals surface area contributed by atoms with Crippen LogP contribution in [-0.4, -0.2) is 49.9 Å². The monoisotopic (exact) mass is 397 g/mol. The van der Waals surface area contributed by atoms with E-state index >= 15 is 0 Å². The van der Waals surface area contributed by atoms with Crippen molar-refractivity contribution in [2.45, 2.75) is 50.6 Å². The van der Waals surface area contributed by atoms with Crippen LogP contribution in [0.5, 0.6) is 0 Å². The van der Waals surface area contributed by atoms with Gasteiger partial charge in [0, 0.05) is 18.9 Å². The molecule has 2 aromatic heterocycles. The van der Waals surface area contributed by atoms with Gasteiger partial charge in [-0.1, -0.05) is 18.9 Å². The van der Waals surface area contributed by atoms with Gasteiger partial charge in [-0.3, -0.25) is 4.98 Å². The minimum Gasteiger partial charge on any atom is -0.391 e. The Morgan fingerprint density at radius 2 is 1.75 bits per heavy atom. The first-order chi connectivity index (χ1) is 13.4. The molecule has 152 valence electrons. The SMILES string of the molecule is OC1CCCCC1Nc1nc(NCc2cccnc2)nc(NCC(F)(F)F)n1. The number of rotatable bonds is 7. The number of aromatic nitrogens is 4. The molecule has 3 rings (SSSR count). The lowest BCUT2D eigenvalue weighted by molar-refractivity contribution is -0.115. The second kappa shape index (κ2) is 9.00. The van der Waals surface area contributed by atoms with Gasteiger partial charge in [0.25, 0.3) is 0 Å². The van der Waals surface area contributed by atoms with Crippen molar-refractivity contribution in [1.82, 2.24) is 19.9 Å². The summed E-state index contributed by atoms with van der Waals surface area (Å²) in [5.74, 6) is 0.0319. The van der Waals surface area contributed by atoms with E-state index in [2.05, 4.69) is 35.9 Å². The molecule has 1 aliphatic carbocycles. The third kappa shape index (κ3) is 6.19. The lowest BCUT2D eigenvalue weighted by atomic mass is 9.93. The van der Waals surface area contributed by atoms with Gasteiger partial charge < -0.3 is 21.1 Å². The van der Waals surface area contributed by atoms with Crippen LogP contribution >= 0.6 is 0 Å². The van der Waals surface area contributed by atoms with E-state index in [0.717, 1.165) is 24.8 Å². The molecule has 1 fully saturated rings. The molecular formula is C17H22F3N7O. The molecule has 1 aliphatic rings. The fourth-order valence-electron chi connectivity index (χ4n) is 2.91. The molecule has 1 saturated carbocycles. The van der Waals surface area contributed by atoms with E-state index in [4.69, 9.17) is 0 Å². The highest BCUT2D eigenvalue weighted by Crippen LogP contribution is 2.22. The topological polar surface area (TPSA) is 108 Å². The third-order valence-electron chi connectivity index (χ3n) is 4.30. The molecule has 8 nitrogen and oxygen atoms in total. The number of hydrogen-bond acceptors (Lipinski definition) is 8. The first-order valence-corrected chi connectivity index (χ1v) is 9.03.